The van der Waals surface area contributed by atoms with E-state index in [1.165, 1.54) is 6.42 Å². The van der Waals surface area contributed by atoms with Crippen molar-refractivity contribution in [2.45, 2.75) is 65.0 Å². The van der Waals surface area contributed by atoms with Gasteiger partial charge in [0.15, 0.2) is 6.10 Å². The molecule has 1 saturated heterocycles. The summed E-state index contributed by atoms with van der Waals surface area (Å²) in [5, 5.41) is 3.05. The minimum atomic E-state index is -0.890. The molecular formula is C22H30N2O4. The normalized spacial score (nSPS) is 26.0. The third kappa shape index (κ3) is 4.37. The summed E-state index contributed by atoms with van der Waals surface area (Å²) < 4.78 is 5.45. The molecule has 28 heavy (non-hydrogen) atoms. The maximum absolute atomic E-state index is 12.7. The summed E-state index contributed by atoms with van der Waals surface area (Å²) in [5.74, 6) is 0.132. The third-order valence-electron chi connectivity index (χ3n) is 6.18. The number of ether oxygens (including phenoxy) is 1. The number of amides is 2. The fourth-order valence-electron chi connectivity index (χ4n) is 4.15. The van der Waals surface area contributed by atoms with Gasteiger partial charge in [-0.15, -0.1) is 0 Å². The van der Waals surface area contributed by atoms with Gasteiger partial charge in [0.1, 0.15) is 0 Å². The van der Waals surface area contributed by atoms with E-state index in [4.69, 9.17) is 4.74 Å². The molecule has 0 spiro atoms. The van der Waals surface area contributed by atoms with Crippen LogP contribution in [0.4, 0.5) is 5.69 Å². The van der Waals surface area contributed by atoms with Crippen LogP contribution in [0.5, 0.6) is 0 Å². The maximum atomic E-state index is 12.7. The fraction of sp³-hybridized carbons (Fsp3) is 0.591. The van der Waals surface area contributed by atoms with Crippen LogP contribution >= 0.6 is 0 Å². The Bertz CT molecular complexity index is 748. The van der Waals surface area contributed by atoms with Crippen molar-refractivity contribution in [3.8, 4) is 0 Å². The molecule has 1 aromatic rings. The van der Waals surface area contributed by atoms with Gasteiger partial charge in [0.25, 0.3) is 5.91 Å². The Hall–Kier alpha value is -2.37. The van der Waals surface area contributed by atoms with Gasteiger partial charge in [-0.3, -0.25) is 9.59 Å². The number of carbonyl (C=O) groups is 3. The smallest absolute Gasteiger partial charge is 0.341 e. The summed E-state index contributed by atoms with van der Waals surface area (Å²) in [6.07, 6.45) is 3.61. The Morgan fingerprint density at radius 1 is 1.18 bits per heavy atom. The first-order valence-corrected chi connectivity index (χ1v) is 10.3. The van der Waals surface area contributed by atoms with Gasteiger partial charge in [-0.1, -0.05) is 38.8 Å². The van der Waals surface area contributed by atoms with E-state index in [1.54, 1.807) is 36.1 Å². The first kappa shape index (κ1) is 20.4. The van der Waals surface area contributed by atoms with Crippen LogP contribution in [-0.2, 0) is 14.3 Å². The lowest BCUT2D eigenvalue weighted by atomic mass is 9.78. The lowest BCUT2D eigenvalue weighted by molar-refractivity contribution is -0.130. The second-order valence-corrected chi connectivity index (χ2v) is 8.10. The van der Waals surface area contributed by atoms with Gasteiger partial charge < -0.3 is 15.0 Å². The van der Waals surface area contributed by atoms with Crippen LogP contribution in [0.1, 0.15) is 63.2 Å². The SMILES string of the molecule is C[C@@H]1[C@H](C)CCC[C@@H]1NC(=O)[C@@H](C)OC(=O)c1ccccc1N1CCCC1=O. The second kappa shape index (κ2) is 8.76. The Morgan fingerprint density at radius 2 is 1.93 bits per heavy atom. The van der Waals surface area contributed by atoms with Crippen LogP contribution in [0.2, 0.25) is 0 Å². The molecule has 1 saturated carbocycles. The zero-order chi connectivity index (χ0) is 20.3. The first-order chi connectivity index (χ1) is 13.4. The third-order valence-corrected chi connectivity index (χ3v) is 6.18. The van der Waals surface area contributed by atoms with E-state index in [2.05, 4.69) is 19.2 Å². The molecule has 6 heteroatoms. The number of benzene rings is 1. The lowest BCUT2D eigenvalue weighted by Gasteiger charge is -2.35. The number of nitrogens with zero attached hydrogens (tertiary/aromatic N) is 1. The number of para-hydroxylation sites is 1. The zero-order valence-corrected chi connectivity index (χ0v) is 16.9. The van der Waals surface area contributed by atoms with Crippen molar-refractivity contribution in [3.63, 3.8) is 0 Å². The van der Waals surface area contributed by atoms with Crippen molar-refractivity contribution in [3.05, 3.63) is 29.8 Å². The van der Waals surface area contributed by atoms with E-state index >= 15 is 0 Å². The number of anilines is 1. The predicted molar refractivity (Wildman–Crippen MR) is 107 cm³/mol. The minimum Gasteiger partial charge on any atom is -0.449 e. The minimum absolute atomic E-state index is 0.00597. The number of esters is 1. The number of hydrogen-bond donors (Lipinski definition) is 1. The second-order valence-electron chi connectivity index (χ2n) is 8.10. The Balaban J connectivity index is 1.64. The number of hydrogen-bond acceptors (Lipinski definition) is 4. The first-order valence-electron chi connectivity index (χ1n) is 10.3. The van der Waals surface area contributed by atoms with Crippen LogP contribution in [0.15, 0.2) is 24.3 Å². The highest BCUT2D eigenvalue weighted by molar-refractivity contribution is 6.04. The molecule has 2 aliphatic rings. The van der Waals surface area contributed by atoms with Gasteiger partial charge in [0.2, 0.25) is 5.91 Å². The molecule has 1 aliphatic carbocycles. The topological polar surface area (TPSA) is 75.7 Å². The summed E-state index contributed by atoms with van der Waals surface area (Å²) in [6.45, 7) is 6.56. The van der Waals surface area contributed by atoms with Crippen molar-refractivity contribution >= 4 is 23.5 Å². The quantitative estimate of drug-likeness (QED) is 0.788. The Labute approximate surface area is 166 Å². The average Bonchev–Trinajstić information content (AvgIpc) is 3.11. The van der Waals surface area contributed by atoms with Crippen molar-refractivity contribution < 1.29 is 19.1 Å². The lowest BCUT2D eigenvalue weighted by Crippen LogP contribution is -2.47. The molecule has 2 amide bonds. The molecule has 0 aromatic heterocycles. The van der Waals surface area contributed by atoms with Crippen molar-refractivity contribution in [1.29, 1.82) is 0 Å². The average molecular weight is 386 g/mol. The highest BCUT2D eigenvalue weighted by Gasteiger charge is 2.31. The van der Waals surface area contributed by atoms with Gasteiger partial charge in [-0.2, -0.15) is 0 Å². The number of rotatable bonds is 5. The highest BCUT2D eigenvalue weighted by Crippen LogP contribution is 2.30. The molecular weight excluding hydrogens is 356 g/mol. The fourth-order valence-corrected chi connectivity index (χ4v) is 4.15. The molecule has 152 valence electrons. The van der Waals surface area contributed by atoms with Crippen LogP contribution in [0.25, 0.3) is 0 Å². The number of nitrogens with one attached hydrogen (secondary N) is 1. The van der Waals surface area contributed by atoms with Crippen molar-refractivity contribution in [2.75, 3.05) is 11.4 Å². The van der Waals surface area contributed by atoms with Crippen LogP contribution in [0, 0.1) is 11.8 Å². The van der Waals surface area contributed by atoms with Gasteiger partial charge in [-0.05, 0) is 43.7 Å². The molecule has 1 aliphatic heterocycles. The molecule has 3 rings (SSSR count). The molecule has 6 nitrogen and oxygen atoms in total. The van der Waals surface area contributed by atoms with Gasteiger partial charge >= 0.3 is 5.97 Å². The van der Waals surface area contributed by atoms with Gasteiger partial charge in [0, 0.05) is 19.0 Å². The largest absolute Gasteiger partial charge is 0.449 e. The predicted octanol–water partition coefficient (Wildman–Crippen LogP) is 3.30. The Kier molecular flexibility index (Phi) is 6.37. The summed E-state index contributed by atoms with van der Waals surface area (Å²) in [7, 11) is 0. The van der Waals surface area contributed by atoms with Crippen molar-refractivity contribution in [1.82, 2.24) is 5.32 Å². The number of carbonyl (C=O) groups excluding carboxylic acids is 3. The Morgan fingerprint density at radius 3 is 2.64 bits per heavy atom. The highest BCUT2D eigenvalue weighted by atomic mass is 16.5. The molecule has 2 fully saturated rings. The van der Waals surface area contributed by atoms with E-state index in [1.807, 2.05) is 0 Å². The van der Waals surface area contributed by atoms with Crippen LogP contribution < -0.4 is 10.2 Å². The summed E-state index contributed by atoms with van der Waals surface area (Å²) in [5.41, 5.74) is 0.870. The van der Waals surface area contributed by atoms with E-state index in [0.717, 1.165) is 19.3 Å². The van der Waals surface area contributed by atoms with E-state index < -0.39 is 12.1 Å². The van der Waals surface area contributed by atoms with Crippen molar-refractivity contribution in [2.24, 2.45) is 11.8 Å². The molecule has 1 N–H and O–H groups in total. The molecule has 1 heterocycles. The van der Waals surface area contributed by atoms with E-state index in [0.29, 0.717) is 36.1 Å². The van der Waals surface area contributed by atoms with Crippen LogP contribution in [-0.4, -0.2) is 36.5 Å². The van der Waals surface area contributed by atoms with Gasteiger partial charge in [-0.25, -0.2) is 4.79 Å². The van der Waals surface area contributed by atoms with Gasteiger partial charge in [0.05, 0.1) is 11.3 Å². The van der Waals surface area contributed by atoms with E-state index in [9.17, 15) is 14.4 Å². The maximum Gasteiger partial charge on any atom is 0.341 e. The zero-order valence-electron chi connectivity index (χ0n) is 16.9. The van der Waals surface area contributed by atoms with Crippen LogP contribution in [0.3, 0.4) is 0 Å². The summed E-state index contributed by atoms with van der Waals surface area (Å²) in [4.78, 5) is 39.0. The molecule has 4 atom stereocenters. The summed E-state index contributed by atoms with van der Waals surface area (Å²) >= 11 is 0. The van der Waals surface area contributed by atoms with E-state index in [-0.39, 0.29) is 17.9 Å². The summed E-state index contributed by atoms with van der Waals surface area (Å²) in [6, 6.07) is 7.02. The molecule has 0 unspecified atom stereocenters. The molecule has 0 bridgehead atoms. The molecule has 0 radical (unpaired) electrons. The standard InChI is InChI=1S/C22H30N2O4/c1-14-8-6-10-18(15(14)2)23-21(26)16(3)28-22(27)17-9-4-5-11-19(17)24-13-7-12-20(24)25/h4-5,9,11,14-16,18H,6-8,10,12-13H2,1-3H3,(H,23,26)/t14-,15-,16-,18+/m1/s1. The monoisotopic (exact) mass is 386 g/mol. The molecule has 1 aromatic carbocycles.